The van der Waals surface area contributed by atoms with Gasteiger partial charge >= 0.3 is 0 Å². The Morgan fingerprint density at radius 3 is 2.82 bits per heavy atom. The first-order chi connectivity index (χ1) is 10.5. The number of benzene rings is 1. The topological polar surface area (TPSA) is 67.2 Å². The number of nitrogens with one attached hydrogen (secondary N) is 1. The zero-order valence-electron chi connectivity index (χ0n) is 12.7. The molecule has 1 aromatic carbocycles. The van der Waals surface area contributed by atoms with Gasteiger partial charge in [0.05, 0.1) is 11.8 Å². The van der Waals surface area contributed by atoms with Gasteiger partial charge in [0.15, 0.2) is 0 Å². The molecular weight excluding hydrogens is 285 g/mol. The van der Waals surface area contributed by atoms with E-state index in [1.165, 1.54) is 12.1 Å². The highest BCUT2D eigenvalue weighted by molar-refractivity contribution is 5.76. The molecule has 1 amide bonds. The van der Waals surface area contributed by atoms with Crippen molar-refractivity contribution in [2.75, 3.05) is 6.54 Å². The molecule has 2 aromatic rings. The van der Waals surface area contributed by atoms with Crippen LogP contribution in [-0.2, 0) is 18.3 Å². The number of aliphatic hydroxyl groups excluding tert-OH is 1. The average Bonchev–Trinajstić information content (AvgIpc) is 2.81. The van der Waals surface area contributed by atoms with E-state index in [2.05, 4.69) is 10.4 Å². The molecule has 0 saturated carbocycles. The van der Waals surface area contributed by atoms with Crippen LogP contribution in [0.2, 0.25) is 0 Å². The minimum absolute atomic E-state index is 0.00815. The summed E-state index contributed by atoms with van der Waals surface area (Å²) < 4.78 is 15.2. The molecule has 5 nitrogen and oxygen atoms in total. The SMILES string of the molecule is Cc1nn(C)cc1CCC(=O)NCC(O)c1ccccc1F. The van der Waals surface area contributed by atoms with E-state index >= 15 is 0 Å². The smallest absolute Gasteiger partial charge is 0.220 e. The van der Waals surface area contributed by atoms with Crippen molar-refractivity contribution in [2.24, 2.45) is 7.05 Å². The molecule has 0 aliphatic carbocycles. The van der Waals surface area contributed by atoms with E-state index in [1.54, 1.807) is 16.8 Å². The van der Waals surface area contributed by atoms with Gasteiger partial charge in [-0.25, -0.2) is 4.39 Å². The summed E-state index contributed by atoms with van der Waals surface area (Å²) in [6, 6.07) is 5.99. The van der Waals surface area contributed by atoms with E-state index in [-0.39, 0.29) is 18.0 Å². The molecule has 0 radical (unpaired) electrons. The van der Waals surface area contributed by atoms with Crippen molar-refractivity contribution in [2.45, 2.75) is 25.9 Å². The number of nitrogens with zero attached hydrogens (tertiary/aromatic N) is 2. The van der Waals surface area contributed by atoms with Gasteiger partial charge in [-0.2, -0.15) is 5.10 Å². The lowest BCUT2D eigenvalue weighted by Crippen LogP contribution is -2.28. The molecule has 0 saturated heterocycles. The molecule has 2 rings (SSSR count). The van der Waals surface area contributed by atoms with Crippen LogP contribution in [0.1, 0.15) is 29.3 Å². The molecule has 0 aliphatic heterocycles. The van der Waals surface area contributed by atoms with Crippen LogP contribution in [-0.4, -0.2) is 27.3 Å². The third kappa shape index (κ3) is 4.14. The molecule has 1 aromatic heterocycles. The number of aryl methyl sites for hydroxylation is 3. The highest BCUT2D eigenvalue weighted by Crippen LogP contribution is 2.15. The Bertz CT molecular complexity index is 655. The summed E-state index contributed by atoms with van der Waals surface area (Å²) in [7, 11) is 1.83. The maximum absolute atomic E-state index is 13.5. The molecule has 1 atom stereocenters. The van der Waals surface area contributed by atoms with Crippen LogP contribution < -0.4 is 5.32 Å². The number of rotatable bonds is 6. The van der Waals surface area contributed by atoms with Crippen molar-refractivity contribution >= 4 is 5.91 Å². The molecule has 118 valence electrons. The van der Waals surface area contributed by atoms with Crippen LogP contribution in [0.25, 0.3) is 0 Å². The van der Waals surface area contributed by atoms with Crippen molar-refractivity contribution < 1.29 is 14.3 Å². The summed E-state index contributed by atoms with van der Waals surface area (Å²) in [6.45, 7) is 1.89. The number of hydrogen-bond donors (Lipinski definition) is 2. The van der Waals surface area contributed by atoms with Crippen molar-refractivity contribution in [3.05, 3.63) is 53.1 Å². The lowest BCUT2D eigenvalue weighted by Gasteiger charge is -2.13. The van der Waals surface area contributed by atoms with Crippen LogP contribution in [0.4, 0.5) is 4.39 Å². The first kappa shape index (κ1) is 16.2. The van der Waals surface area contributed by atoms with Crippen molar-refractivity contribution in [1.29, 1.82) is 0 Å². The Hall–Kier alpha value is -2.21. The van der Waals surface area contributed by atoms with E-state index < -0.39 is 11.9 Å². The summed E-state index contributed by atoms with van der Waals surface area (Å²) in [5.74, 6) is -0.658. The number of carbonyl (C=O) groups excluding carboxylic acids is 1. The molecule has 22 heavy (non-hydrogen) atoms. The van der Waals surface area contributed by atoms with Crippen LogP contribution in [0.5, 0.6) is 0 Å². The van der Waals surface area contributed by atoms with Crippen molar-refractivity contribution in [1.82, 2.24) is 15.1 Å². The molecule has 0 spiro atoms. The summed E-state index contributed by atoms with van der Waals surface area (Å²) >= 11 is 0. The number of aliphatic hydroxyl groups is 1. The maximum atomic E-state index is 13.5. The minimum Gasteiger partial charge on any atom is -0.386 e. The number of hydrogen-bond acceptors (Lipinski definition) is 3. The Morgan fingerprint density at radius 2 is 2.18 bits per heavy atom. The predicted octanol–water partition coefficient (Wildman–Crippen LogP) is 1.65. The monoisotopic (exact) mass is 305 g/mol. The van der Waals surface area contributed by atoms with Gasteiger partial charge in [-0.3, -0.25) is 9.48 Å². The summed E-state index contributed by atoms with van der Waals surface area (Å²) in [5, 5.41) is 16.8. The fraction of sp³-hybridized carbons (Fsp3) is 0.375. The van der Waals surface area contributed by atoms with Crippen LogP contribution in [0.15, 0.2) is 30.5 Å². The molecule has 0 bridgehead atoms. The number of carbonyl (C=O) groups is 1. The molecule has 2 N–H and O–H groups in total. The van der Waals surface area contributed by atoms with E-state index in [0.717, 1.165) is 11.3 Å². The summed E-state index contributed by atoms with van der Waals surface area (Å²) in [4.78, 5) is 11.8. The Kier molecular flexibility index (Phi) is 5.27. The standard InChI is InChI=1S/C16H20FN3O2/c1-11-12(10-20(2)19-11)7-8-16(22)18-9-15(21)13-5-3-4-6-14(13)17/h3-6,10,15,21H,7-9H2,1-2H3,(H,18,22). The normalized spacial score (nSPS) is 12.2. The second-order valence-electron chi connectivity index (χ2n) is 5.25. The first-order valence-electron chi connectivity index (χ1n) is 7.15. The Balaban J connectivity index is 1.80. The quantitative estimate of drug-likeness (QED) is 0.853. The van der Waals surface area contributed by atoms with Gasteiger partial charge in [0.1, 0.15) is 5.82 Å². The van der Waals surface area contributed by atoms with Gasteiger partial charge in [-0.15, -0.1) is 0 Å². The molecule has 6 heteroatoms. The highest BCUT2D eigenvalue weighted by atomic mass is 19.1. The summed E-state index contributed by atoms with van der Waals surface area (Å²) in [5.41, 5.74) is 2.11. The number of aromatic nitrogens is 2. The molecule has 0 aliphatic rings. The van der Waals surface area contributed by atoms with E-state index in [0.29, 0.717) is 12.8 Å². The highest BCUT2D eigenvalue weighted by Gasteiger charge is 2.13. The van der Waals surface area contributed by atoms with Gasteiger partial charge in [0.25, 0.3) is 0 Å². The van der Waals surface area contributed by atoms with Crippen molar-refractivity contribution in [3.63, 3.8) is 0 Å². The average molecular weight is 305 g/mol. The van der Waals surface area contributed by atoms with Crippen LogP contribution >= 0.6 is 0 Å². The van der Waals surface area contributed by atoms with Gasteiger partial charge in [-0.05, 0) is 25.0 Å². The van der Waals surface area contributed by atoms with Gasteiger partial charge in [0, 0.05) is 31.8 Å². The first-order valence-corrected chi connectivity index (χ1v) is 7.15. The largest absolute Gasteiger partial charge is 0.386 e. The maximum Gasteiger partial charge on any atom is 0.220 e. The molecule has 0 fully saturated rings. The Labute approximate surface area is 128 Å². The van der Waals surface area contributed by atoms with E-state index in [4.69, 9.17) is 0 Å². The number of amides is 1. The molecule has 1 unspecified atom stereocenters. The Morgan fingerprint density at radius 1 is 1.45 bits per heavy atom. The van der Waals surface area contributed by atoms with E-state index in [9.17, 15) is 14.3 Å². The minimum atomic E-state index is -1.05. The third-order valence-corrected chi connectivity index (χ3v) is 3.49. The fourth-order valence-electron chi connectivity index (χ4n) is 2.30. The fourth-order valence-corrected chi connectivity index (χ4v) is 2.30. The molecule has 1 heterocycles. The van der Waals surface area contributed by atoms with Gasteiger partial charge in [-0.1, -0.05) is 18.2 Å². The summed E-state index contributed by atoms with van der Waals surface area (Å²) in [6.07, 6.45) is 1.72. The van der Waals surface area contributed by atoms with E-state index in [1.807, 2.05) is 20.2 Å². The van der Waals surface area contributed by atoms with Crippen LogP contribution in [0, 0.1) is 12.7 Å². The zero-order valence-corrected chi connectivity index (χ0v) is 12.7. The zero-order chi connectivity index (χ0) is 16.1. The third-order valence-electron chi connectivity index (χ3n) is 3.49. The van der Waals surface area contributed by atoms with Crippen LogP contribution in [0.3, 0.4) is 0 Å². The van der Waals surface area contributed by atoms with Gasteiger partial charge < -0.3 is 10.4 Å². The lowest BCUT2D eigenvalue weighted by molar-refractivity contribution is -0.121. The predicted molar refractivity (Wildman–Crippen MR) is 80.6 cm³/mol. The number of halogens is 1. The lowest BCUT2D eigenvalue weighted by atomic mass is 10.1. The van der Waals surface area contributed by atoms with Gasteiger partial charge in [0.2, 0.25) is 5.91 Å². The molecular formula is C16H20FN3O2. The second kappa shape index (κ2) is 7.17. The van der Waals surface area contributed by atoms with Crippen molar-refractivity contribution in [3.8, 4) is 0 Å². The second-order valence-corrected chi connectivity index (χ2v) is 5.25.